The first-order valence-corrected chi connectivity index (χ1v) is 12.6. The summed E-state index contributed by atoms with van der Waals surface area (Å²) in [5.41, 5.74) is 8.63. The second kappa shape index (κ2) is 11.8. The highest BCUT2D eigenvalue weighted by atomic mass is 16.6. The van der Waals surface area contributed by atoms with Crippen molar-refractivity contribution in [3.63, 3.8) is 0 Å². The van der Waals surface area contributed by atoms with Crippen LogP contribution in [0.2, 0.25) is 0 Å². The number of amides is 2. The van der Waals surface area contributed by atoms with Crippen molar-refractivity contribution in [1.29, 1.82) is 0 Å². The highest BCUT2D eigenvalue weighted by Gasteiger charge is 2.45. The van der Waals surface area contributed by atoms with E-state index in [-0.39, 0.29) is 17.9 Å². The van der Waals surface area contributed by atoms with Crippen molar-refractivity contribution in [2.24, 2.45) is 0 Å². The largest absolute Gasteiger partial charge is 0.387 e. The molecule has 1 saturated heterocycles. The van der Waals surface area contributed by atoms with Gasteiger partial charge in [-0.15, -0.1) is 0 Å². The smallest absolute Gasteiger partial charge is 0.319 e. The molecule has 1 aromatic carbocycles. The number of aryl methyl sites for hydroxylation is 1. The van der Waals surface area contributed by atoms with Gasteiger partial charge < -0.3 is 31.3 Å². The number of carbonyl (C=O) groups is 1. The van der Waals surface area contributed by atoms with Crippen LogP contribution in [-0.2, 0) is 11.2 Å². The number of hydrogen-bond acceptors (Lipinski definition) is 9. The average Bonchev–Trinajstić information content (AvgIpc) is 3.43. The fraction of sp³-hybridized carbons (Fsp3) is 0.520. The van der Waals surface area contributed by atoms with E-state index in [1.807, 2.05) is 24.3 Å². The topological polar surface area (TPSA) is 164 Å². The van der Waals surface area contributed by atoms with Gasteiger partial charge in [0.15, 0.2) is 17.7 Å². The molecule has 3 aromatic rings. The molecule has 6 N–H and O–H groups in total. The lowest BCUT2D eigenvalue weighted by Crippen LogP contribution is -2.44. The van der Waals surface area contributed by atoms with Crippen LogP contribution < -0.4 is 16.4 Å². The number of nitrogen functional groups attached to an aromatic ring is 1. The zero-order valence-corrected chi connectivity index (χ0v) is 21.4. The third-order valence-corrected chi connectivity index (χ3v) is 6.64. The minimum absolute atomic E-state index is 0.166. The normalized spacial score (nSPS) is 21.7. The number of nitrogens with zero attached hydrogens (tertiary/aromatic N) is 5. The highest BCUT2D eigenvalue weighted by molar-refractivity contribution is 5.89. The van der Waals surface area contributed by atoms with Crippen LogP contribution in [0.5, 0.6) is 0 Å². The predicted octanol–water partition coefficient (Wildman–Crippen LogP) is 1.51. The Morgan fingerprint density at radius 1 is 1.24 bits per heavy atom. The first-order chi connectivity index (χ1) is 17.8. The van der Waals surface area contributed by atoms with Crippen molar-refractivity contribution < 1.29 is 19.7 Å². The molecule has 37 heavy (non-hydrogen) atoms. The maximum atomic E-state index is 12.3. The standard InChI is InChI=1S/C25H36N8O4/c1-4-16-7-5-8-17(11-16)31-25(36)27-9-6-10-32(15(2)3)12-18-20(34)21(35)24(37-18)33-14-30-19-22(26)28-13-29-23(19)33/h5,7-8,11,13-15,18,20-21,24,34-35H,4,6,9-10,12H2,1-3H3,(H2,26,28,29)(H2,27,31,36)/t18-,20+,21-,24-/m1/s1. The third-order valence-electron chi connectivity index (χ3n) is 6.64. The van der Waals surface area contributed by atoms with Crippen molar-refractivity contribution in [1.82, 2.24) is 29.7 Å². The van der Waals surface area contributed by atoms with Crippen LogP contribution in [-0.4, -0.2) is 84.7 Å². The van der Waals surface area contributed by atoms with Crippen LogP contribution in [0.1, 0.15) is 39.0 Å². The minimum Gasteiger partial charge on any atom is -0.387 e. The summed E-state index contributed by atoms with van der Waals surface area (Å²) >= 11 is 0. The van der Waals surface area contributed by atoms with Gasteiger partial charge in [0.25, 0.3) is 0 Å². The van der Waals surface area contributed by atoms with Crippen LogP contribution >= 0.6 is 0 Å². The number of aliphatic hydroxyl groups excluding tert-OH is 2. The van der Waals surface area contributed by atoms with Gasteiger partial charge in [0.2, 0.25) is 0 Å². The Kier molecular flexibility index (Phi) is 8.54. The zero-order valence-electron chi connectivity index (χ0n) is 21.4. The maximum absolute atomic E-state index is 12.3. The van der Waals surface area contributed by atoms with E-state index in [0.717, 1.165) is 17.7 Å². The molecule has 0 aliphatic carbocycles. The van der Waals surface area contributed by atoms with Gasteiger partial charge in [-0.25, -0.2) is 19.7 Å². The number of aromatic nitrogens is 4. The number of carbonyl (C=O) groups excluding carboxylic acids is 1. The summed E-state index contributed by atoms with van der Waals surface area (Å²) < 4.78 is 7.66. The molecule has 1 aliphatic heterocycles. The number of fused-ring (bicyclic) bond motifs is 1. The lowest BCUT2D eigenvalue weighted by molar-refractivity contribution is -0.0468. The Labute approximate surface area is 215 Å². The molecule has 0 unspecified atom stereocenters. The van der Waals surface area contributed by atoms with Crippen molar-refractivity contribution in [3.05, 3.63) is 42.5 Å². The molecular formula is C25H36N8O4. The van der Waals surface area contributed by atoms with Crippen molar-refractivity contribution in [3.8, 4) is 0 Å². The maximum Gasteiger partial charge on any atom is 0.319 e. The molecule has 0 bridgehead atoms. The quantitative estimate of drug-likeness (QED) is 0.253. The van der Waals surface area contributed by atoms with Gasteiger partial charge in [0.1, 0.15) is 30.2 Å². The molecule has 2 amide bonds. The summed E-state index contributed by atoms with van der Waals surface area (Å²) in [6.07, 6.45) is 0.677. The van der Waals surface area contributed by atoms with Crippen LogP contribution in [0.15, 0.2) is 36.9 Å². The fourth-order valence-corrected chi connectivity index (χ4v) is 4.49. The number of nitrogens with two attached hydrogens (primary N) is 1. The van der Waals surface area contributed by atoms with Crippen molar-refractivity contribution in [2.45, 2.75) is 64.2 Å². The molecule has 4 atom stereocenters. The Hall–Kier alpha value is -3.32. The van der Waals surface area contributed by atoms with Gasteiger partial charge >= 0.3 is 6.03 Å². The van der Waals surface area contributed by atoms with E-state index < -0.39 is 24.5 Å². The van der Waals surface area contributed by atoms with E-state index in [4.69, 9.17) is 10.5 Å². The molecule has 12 heteroatoms. The number of benzene rings is 1. The van der Waals surface area contributed by atoms with Gasteiger partial charge in [0.05, 0.1) is 6.33 Å². The number of anilines is 2. The summed E-state index contributed by atoms with van der Waals surface area (Å²) in [4.78, 5) is 26.8. The molecule has 12 nitrogen and oxygen atoms in total. The number of ether oxygens (including phenoxy) is 1. The third kappa shape index (κ3) is 6.16. The van der Waals surface area contributed by atoms with Crippen molar-refractivity contribution >= 4 is 28.7 Å². The predicted molar refractivity (Wildman–Crippen MR) is 140 cm³/mol. The first-order valence-electron chi connectivity index (χ1n) is 12.6. The van der Waals surface area contributed by atoms with Crippen LogP contribution in [0.25, 0.3) is 11.2 Å². The van der Waals surface area contributed by atoms with Gasteiger partial charge in [-0.1, -0.05) is 19.1 Å². The van der Waals surface area contributed by atoms with Gasteiger partial charge in [-0.3, -0.25) is 9.47 Å². The summed E-state index contributed by atoms with van der Waals surface area (Å²) in [5.74, 6) is 0.232. The summed E-state index contributed by atoms with van der Waals surface area (Å²) in [7, 11) is 0. The molecular weight excluding hydrogens is 476 g/mol. The second-order valence-electron chi connectivity index (χ2n) is 9.51. The van der Waals surface area contributed by atoms with Gasteiger partial charge in [0, 0.05) is 31.4 Å². The Morgan fingerprint density at radius 2 is 2.05 bits per heavy atom. The lowest BCUT2D eigenvalue weighted by atomic mass is 10.1. The van der Waals surface area contributed by atoms with Crippen molar-refractivity contribution in [2.75, 3.05) is 30.7 Å². The monoisotopic (exact) mass is 512 g/mol. The molecule has 1 fully saturated rings. The zero-order chi connectivity index (χ0) is 26.5. The first kappa shape index (κ1) is 26.7. The Balaban J connectivity index is 1.29. The molecule has 1 aliphatic rings. The number of aliphatic hydroxyl groups is 2. The molecule has 3 heterocycles. The van der Waals surface area contributed by atoms with E-state index in [2.05, 4.69) is 51.3 Å². The lowest BCUT2D eigenvalue weighted by Gasteiger charge is -2.30. The highest BCUT2D eigenvalue weighted by Crippen LogP contribution is 2.32. The molecule has 4 rings (SSSR count). The van der Waals surface area contributed by atoms with Gasteiger partial charge in [-0.05, 0) is 44.4 Å². The molecule has 2 aromatic heterocycles. The second-order valence-corrected chi connectivity index (χ2v) is 9.51. The average molecular weight is 513 g/mol. The summed E-state index contributed by atoms with van der Waals surface area (Å²) in [6.45, 7) is 7.75. The summed E-state index contributed by atoms with van der Waals surface area (Å²) in [5, 5.41) is 27.2. The number of nitrogens with one attached hydrogen (secondary N) is 2. The Morgan fingerprint density at radius 3 is 2.81 bits per heavy atom. The number of urea groups is 1. The molecule has 0 saturated carbocycles. The van der Waals surface area contributed by atoms with E-state index in [9.17, 15) is 15.0 Å². The Bertz CT molecular complexity index is 1200. The number of imidazole rings is 1. The van der Waals surface area contributed by atoms with Crippen LogP contribution in [0.4, 0.5) is 16.3 Å². The molecule has 200 valence electrons. The molecule has 0 spiro atoms. The van der Waals surface area contributed by atoms with Crippen LogP contribution in [0.3, 0.4) is 0 Å². The minimum atomic E-state index is -1.16. The molecule has 0 radical (unpaired) electrons. The number of rotatable bonds is 10. The van der Waals surface area contributed by atoms with E-state index in [1.54, 1.807) is 4.57 Å². The van der Waals surface area contributed by atoms with E-state index in [1.165, 1.54) is 12.7 Å². The van der Waals surface area contributed by atoms with E-state index in [0.29, 0.717) is 37.2 Å². The SMILES string of the molecule is CCc1cccc(NC(=O)NCCCN(C[C@H]2O[C@@H](n3cnc4c(N)ncnc43)[C@H](O)[C@H]2O)C(C)C)c1. The summed E-state index contributed by atoms with van der Waals surface area (Å²) in [6, 6.07) is 7.69. The fourth-order valence-electron chi connectivity index (χ4n) is 4.49. The van der Waals surface area contributed by atoms with Crippen LogP contribution in [0, 0.1) is 0 Å². The van der Waals surface area contributed by atoms with E-state index >= 15 is 0 Å². The number of hydrogen-bond donors (Lipinski definition) is 5. The van der Waals surface area contributed by atoms with Gasteiger partial charge in [-0.2, -0.15) is 0 Å².